The van der Waals surface area contributed by atoms with Gasteiger partial charge >= 0.3 is 0 Å². The minimum absolute atomic E-state index is 0.0507. The molecule has 0 aliphatic heterocycles. The molecule has 2 N–H and O–H groups in total. The Kier molecular flexibility index (Phi) is 7.19. The normalized spacial score (nSPS) is 11.6. The van der Waals surface area contributed by atoms with E-state index in [4.69, 9.17) is 11.6 Å². The quantitative estimate of drug-likeness (QED) is 0.442. The van der Waals surface area contributed by atoms with Crippen LogP contribution in [0.25, 0.3) is 0 Å². The number of halogens is 1. The molecule has 0 saturated heterocycles. The van der Waals surface area contributed by atoms with Crippen molar-refractivity contribution in [3.05, 3.63) is 88.4 Å². The van der Waals surface area contributed by atoms with Crippen LogP contribution in [0.2, 0.25) is 5.02 Å². The fourth-order valence-electron chi connectivity index (χ4n) is 2.90. The Labute approximate surface area is 186 Å². The van der Waals surface area contributed by atoms with Crippen LogP contribution in [0, 0.1) is 13.8 Å². The summed E-state index contributed by atoms with van der Waals surface area (Å²) in [5.41, 5.74) is 4.21. The van der Waals surface area contributed by atoms with E-state index in [9.17, 15) is 9.59 Å². The number of hydrogen-bond donors (Lipinski definition) is 2. The third-order valence-electron chi connectivity index (χ3n) is 4.52. The van der Waals surface area contributed by atoms with Gasteiger partial charge in [0, 0.05) is 26.9 Å². The maximum atomic E-state index is 12.6. The summed E-state index contributed by atoms with van der Waals surface area (Å²) in [6.45, 7) is 5.88. The Bertz CT molecular complexity index is 1070. The van der Waals surface area contributed by atoms with Crippen molar-refractivity contribution in [1.29, 1.82) is 0 Å². The van der Waals surface area contributed by atoms with E-state index in [0.29, 0.717) is 16.3 Å². The lowest BCUT2D eigenvalue weighted by molar-refractivity contribution is -0.115. The number of benzene rings is 3. The van der Waals surface area contributed by atoms with Gasteiger partial charge in [-0.2, -0.15) is 0 Å². The Balaban J connectivity index is 1.58. The summed E-state index contributed by atoms with van der Waals surface area (Å²) in [6, 6.07) is 20.2. The van der Waals surface area contributed by atoms with E-state index < -0.39 is 0 Å². The predicted molar refractivity (Wildman–Crippen MR) is 126 cm³/mol. The fraction of sp³-hybridized carbons (Fsp3) is 0.167. The lowest BCUT2D eigenvalue weighted by atomic mass is 10.1. The maximum Gasteiger partial charge on any atom is 0.255 e. The van der Waals surface area contributed by atoms with Crippen LogP contribution < -0.4 is 10.6 Å². The number of rotatable bonds is 6. The Hall–Kier alpha value is -2.76. The number of aryl methyl sites for hydroxylation is 2. The van der Waals surface area contributed by atoms with Gasteiger partial charge in [0.15, 0.2) is 0 Å². The number of nitrogens with one attached hydrogen (secondary N) is 2. The highest BCUT2D eigenvalue weighted by Gasteiger charge is 2.15. The van der Waals surface area contributed by atoms with Crippen LogP contribution in [0.4, 0.5) is 11.4 Å². The van der Waals surface area contributed by atoms with E-state index in [0.717, 1.165) is 21.7 Å². The second-order valence-electron chi connectivity index (χ2n) is 7.06. The molecular formula is C24H23ClN2O2S. The summed E-state index contributed by atoms with van der Waals surface area (Å²) < 4.78 is 0. The fourth-order valence-corrected chi connectivity index (χ4v) is 3.95. The summed E-state index contributed by atoms with van der Waals surface area (Å²) in [5.74, 6) is -0.274. The summed E-state index contributed by atoms with van der Waals surface area (Å²) in [6.07, 6.45) is 0. The number of amides is 2. The van der Waals surface area contributed by atoms with Gasteiger partial charge in [-0.1, -0.05) is 35.4 Å². The molecule has 0 heterocycles. The van der Waals surface area contributed by atoms with Gasteiger partial charge in [0.1, 0.15) is 0 Å². The molecule has 3 rings (SSSR count). The zero-order valence-corrected chi connectivity index (χ0v) is 18.6. The van der Waals surface area contributed by atoms with Gasteiger partial charge in [0.05, 0.1) is 5.25 Å². The van der Waals surface area contributed by atoms with E-state index in [1.54, 1.807) is 24.3 Å². The summed E-state index contributed by atoms with van der Waals surface area (Å²) >= 11 is 7.40. The first-order chi connectivity index (χ1) is 14.3. The first-order valence-corrected chi connectivity index (χ1v) is 10.8. The van der Waals surface area contributed by atoms with Crippen molar-refractivity contribution in [2.75, 3.05) is 10.6 Å². The molecule has 0 fully saturated rings. The van der Waals surface area contributed by atoms with Gasteiger partial charge in [-0.15, -0.1) is 11.8 Å². The predicted octanol–water partition coefficient (Wildman–Crippen LogP) is 6.33. The van der Waals surface area contributed by atoms with Crippen molar-refractivity contribution in [2.24, 2.45) is 0 Å². The molecule has 3 aromatic carbocycles. The molecular weight excluding hydrogens is 416 g/mol. The average Bonchev–Trinajstić information content (AvgIpc) is 2.71. The summed E-state index contributed by atoms with van der Waals surface area (Å²) in [4.78, 5) is 25.8. The lowest BCUT2D eigenvalue weighted by Gasteiger charge is -2.14. The first-order valence-electron chi connectivity index (χ1n) is 9.53. The number of thioether (sulfide) groups is 1. The van der Waals surface area contributed by atoms with Crippen molar-refractivity contribution in [3.63, 3.8) is 0 Å². The molecule has 154 valence electrons. The van der Waals surface area contributed by atoms with Crippen molar-refractivity contribution in [3.8, 4) is 0 Å². The summed E-state index contributed by atoms with van der Waals surface area (Å²) in [7, 11) is 0. The number of carbonyl (C=O) groups excluding carboxylic acids is 2. The molecule has 1 atom stereocenters. The van der Waals surface area contributed by atoms with Gasteiger partial charge in [-0.25, -0.2) is 0 Å². The monoisotopic (exact) mass is 438 g/mol. The number of carbonyl (C=O) groups is 2. The second-order valence-corrected chi connectivity index (χ2v) is 8.91. The minimum atomic E-state index is -0.266. The van der Waals surface area contributed by atoms with Gasteiger partial charge < -0.3 is 10.6 Å². The third-order valence-corrected chi connectivity index (χ3v) is 5.87. The molecule has 0 aliphatic carbocycles. The molecule has 30 heavy (non-hydrogen) atoms. The topological polar surface area (TPSA) is 58.2 Å². The van der Waals surface area contributed by atoms with Gasteiger partial charge in [-0.3, -0.25) is 9.59 Å². The highest BCUT2D eigenvalue weighted by molar-refractivity contribution is 8.00. The van der Waals surface area contributed by atoms with Gasteiger partial charge in [0.25, 0.3) is 5.91 Å². The summed E-state index contributed by atoms with van der Waals surface area (Å²) in [5, 5.41) is 6.09. The van der Waals surface area contributed by atoms with Crippen molar-refractivity contribution in [2.45, 2.75) is 30.9 Å². The average molecular weight is 439 g/mol. The molecule has 3 aromatic rings. The Morgan fingerprint density at radius 1 is 0.933 bits per heavy atom. The van der Waals surface area contributed by atoms with Crippen LogP contribution in [0.5, 0.6) is 0 Å². The van der Waals surface area contributed by atoms with E-state index in [1.165, 1.54) is 11.8 Å². The van der Waals surface area contributed by atoms with Crippen LogP contribution in [0.1, 0.15) is 28.4 Å². The van der Waals surface area contributed by atoms with Crippen LogP contribution in [0.15, 0.2) is 71.6 Å². The van der Waals surface area contributed by atoms with Crippen molar-refractivity contribution >= 4 is 46.6 Å². The molecule has 0 radical (unpaired) electrons. The van der Waals surface area contributed by atoms with E-state index in [1.807, 2.05) is 63.2 Å². The van der Waals surface area contributed by atoms with Gasteiger partial charge in [0.2, 0.25) is 5.91 Å². The second kappa shape index (κ2) is 9.83. The molecule has 6 heteroatoms. The van der Waals surface area contributed by atoms with Crippen LogP contribution in [-0.2, 0) is 4.79 Å². The highest BCUT2D eigenvalue weighted by Crippen LogP contribution is 2.26. The molecule has 1 unspecified atom stereocenters. The maximum absolute atomic E-state index is 12.6. The molecule has 0 aromatic heterocycles. The van der Waals surface area contributed by atoms with Crippen LogP contribution in [-0.4, -0.2) is 17.1 Å². The zero-order valence-electron chi connectivity index (χ0n) is 17.0. The molecule has 0 bridgehead atoms. The molecule has 0 spiro atoms. The van der Waals surface area contributed by atoms with Crippen molar-refractivity contribution < 1.29 is 9.59 Å². The van der Waals surface area contributed by atoms with Crippen LogP contribution >= 0.6 is 23.4 Å². The standard InChI is InChI=1S/C24H23ClN2O2S/c1-15-7-12-22(16(2)13-15)27-23(28)17(3)30-21-10-8-20(9-11-21)26-24(29)18-5-4-6-19(25)14-18/h4-14,17H,1-3H3,(H,26,29)(H,27,28). The van der Waals surface area contributed by atoms with Crippen LogP contribution in [0.3, 0.4) is 0 Å². The smallest absolute Gasteiger partial charge is 0.255 e. The minimum Gasteiger partial charge on any atom is -0.325 e. The Morgan fingerprint density at radius 3 is 2.33 bits per heavy atom. The molecule has 0 saturated carbocycles. The van der Waals surface area contributed by atoms with E-state index in [2.05, 4.69) is 10.6 Å². The SMILES string of the molecule is Cc1ccc(NC(=O)C(C)Sc2ccc(NC(=O)c3cccc(Cl)c3)cc2)c(C)c1. The number of hydrogen-bond acceptors (Lipinski definition) is 3. The van der Waals surface area contributed by atoms with E-state index >= 15 is 0 Å². The lowest BCUT2D eigenvalue weighted by Crippen LogP contribution is -2.22. The zero-order chi connectivity index (χ0) is 21.7. The molecule has 2 amide bonds. The highest BCUT2D eigenvalue weighted by atomic mass is 35.5. The third kappa shape index (κ3) is 5.88. The molecule has 0 aliphatic rings. The van der Waals surface area contributed by atoms with Crippen molar-refractivity contribution in [1.82, 2.24) is 0 Å². The molecule has 4 nitrogen and oxygen atoms in total. The first kappa shape index (κ1) is 21.9. The van der Waals surface area contributed by atoms with Gasteiger partial charge in [-0.05, 0) is 74.9 Å². The number of anilines is 2. The largest absolute Gasteiger partial charge is 0.325 e. The Morgan fingerprint density at radius 2 is 1.67 bits per heavy atom. The van der Waals surface area contributed by atoms with E-state index in [-0.39, 0.29) is 17.1 Å².